The van der Waals surface area contributed by atoms with Crippen LogP contribution in [0.2, 0.25) is 0 Å². The van der Waals surface area contributed by atoms with Gasteiger partial charge < -0.3 is 14.6 Å². The second-order valence-corrected chi connectivity index (χ2v) is 9.77. The van der Waals surface area contributed by atoms with Crippen molar-refractivity contribution in [2.45, 2.75) is 77.4 Å². The molecule has 7 unspecified atom stereocenters. The number of benzene rings is 2. The molecule has 5 rings (SSSR count). The first kappa shape index (κ1) is 22.8. The van der Waals surface area contributed by atoms with Crippen LogP contribution >= 0.6 is 0 Å². The number of phenolic OH excluding ortho intramolecular Hbond substituents is 1. The molecule has 4 nitrogen and oxygen atoms in total. The Labute approximate surface area is 191 Å². The summed E-state index contributed by atoms with van der Waals surface area (Å²) < 4.78 is 11.3. The van der Waals surface area contributed by atoms with Crippen LogP contribution in [0.4, 0.5) is 0 Å². The van der Waals surface area contributed by atoms with Gasteiger partial charge in [0, 0.05) is 5.92 Å². The van der Waals surface area contributed by atoms with E-state index < -0.39 is 0 Å². The van der Waals surface area contributed by atoms with Crippen LogP contribution in [0.15, 0.2) is 48.5 Å². The molecule has 7 atom stereocenters. The standard InChI is InChI=1S/C18H22O3.C10H14O/c1-3-10(2)11-5-4-6-13(7-11)20-18(19)15-9-12-8-14(15)17-16(12)21-17;1-3-8(2)9-5-4-6-10(11)7-9/h4-7,10,12,14-17H,3,8-9H2,1-2H3;4-8,11H,3H2,1-2H3. The molecule has 1 heterocycles. The number of ether oxygens (including phenoxy) is 2. The van der Waals surface area contributed by atoms with Gasteiger partial charge in [0.1, 0.15) is 11.5 Å². The predicted molar refractivity (Wildman–Crippen MR) is 126 cm³/mol. The molecule has 0 radical (unpaired) electrons. The maximum absolute atomic E-state index is 12.4. The van der Waals surface area contributed by atoms with E-state index in [1.165, 1.54) is 11.1 Å². The molecule has 2 bridgehead atoms. The fourth-order valence-corrected chi connectivity index (χ4v) is 5.25. The van der Waals surface area contributed by atoms with Crippen molar-refractivity contribution < 1.29 is 19.4 Å². The van der Waals surface area contributed by atoms with Crippen molar-refractivity contribution in [2.24, 2.45) is 17.8 Å². The van der Waals surface area contributed by atoms with Crippen molar-refractivity contribution in [2.75, 3.05) is 0 Å². The van der Waals surface area contributed by atoms with E-state index in [-0.39, 0.29) is 11.9 Å². The molecule has 0 amide bonds. The number of phenols is 1. The van der Waals surface area contributed by atoms with Gasteiger partial charge in [-0.2, -0.15) is 0 Å². The highest BCUT2D eigenvalue weighted by Crippen LogP contribution is 2.59. The lowest BCUT2D eigenvalue weighted by molar-refractivity contribution is -0.140. The van der Waals surface area contributed by atoms with Gasteiger partial charge in [-0.1, -0.05) is 52.0 Å². The Balaban J connectivity index is 0.000000189. The quantitative estimate of drug-likeness (QED) is 0.322. The van der Waals surface area contributed by atoms with Gasteiger partial charge in [0.05, 0.1) is 18.1 Å². The molecular weight excluding hydrogens is 400 g/mol. The lowest BCUT2D eigenvalue weighted by Gasteiger charge is -2.18. The SMILES string of the molecule is CCC(C)c1cccc(O)c1.CCC(C)c1cccc(OC(=O)C2CC3CC2C2OC32)c1. The molecule has 1 aliphatic heterocycles. The first-order chi connectivity index (χ1) is 15.4. The van der Waals surface area contributed by atoms with E-state index in [0.717, 1.165) is 25.7 Å². The Morgan fingerprint density at radius 3 is 2.25 bits per heavy atom. The number of fused-ring (bicyclic) bond motifs is 5. The van der Waals surface area contributed by atoms with Crippen molar-refractivity contribution in [1.29, 1.82) is 0 Å². The monoisotopic (exact) mass is 436 g/mol. The fraction of sp³-hybridized carbons (Fsp3) is 0.536. The summed E-state index contributed by atoms with van der Waals surface area (Å²) in [5, 5.41) is 9.16. The third-order valence-electron chi connectivity index (χ3n) is 7.71. The molecule has 0 spiro atoms. The van der Waals surface area contributed by atoms with Gasteiger partial charge in [0.2, 0.25) is 0 Å². The Morgan fingerprint density at radius 2 is 1.66 bits per heavy atom. The van der Waals surface area contributed by atoms with E-state index in [0.29, 0.717) is 47.4 Å². The number of aromatic hydroxyl groups is 1. The van der Waals surface area contributed by atoms with Crippen molar-refractivity contribution in [3.05, 3.63) is 59.7 Å². The largest absolute Gasteiger partial charge is 0.508 e. The van der Waals surface area contributed by atoms with Crippen molar-refractivity contribution in [3.8, 4) is 11.5 Å². The molecule has 2 saturated carbocycles. The molecule has 1 saturated heterocycles. The molecule has 172 valence electrons. The number of carbonyl (C=O) groups is 1. The third-order valence-corrected chi connectivity index (χ3v) is 7.71. The zero-order chi connectivity index (χ0) is 22.8. The average Bonchev–Trinajstić information content (AvgIpc) is 3.41. The molecule has 2 aromatic carbocycles. The van der Waals surface area contributed by atoms with E-state index >= 15 is 0 Å². The lowest BCUT2D eigenvalue weighted by Crippen LogP contribution is -2.29. The van der Waals surface area contributed by atoms with Gasteiger partial charge in [-0.3, -0.25) is 4.79 Å². The second kappa shape index (κ2) is 9.66. The summed E-state index contributed by atoms with van der Waals surface area (Å²) in [5.74, 6) is 3.09. The Morgan fingerprint density at radius 1 is 1.00 bits per heavy atom. The van der Waals surface area contributed by atoms with Crippen LogP contribution in [0.3, 0.4) is 0 Å². The van der Waals surface area contributed by atoms with Crippen molar-refractivity contribution in [3.63, 3.8) is 0 Å². The lowest BCUT2D eigenvalue weighted by atomic mass is 9.89. The summed E-state index contributed by atoms with van der Waals surface area (Å²) in [6.07, 6.45) is 5.13. The molecule has 2 aliphatic carbocycles. The first-order valence-electron chi connectivity index (χ1n) is 12.2. The first-order valence-corrected chi connectivity index (χ1v) is 12.2. The number of epoxide rings is 1. The fourth-order valence-electron chi connectivity index (χ4n) is 5.25. The maximum atomic E-state index is 12.4. The summed E-state index contributed by atoms with van der Waals surface area (Å²) >= 11 is 0. The van der Waals surface area contributed by atoms with E-state index in [1.54, 1.807) is 6.07 Å². The topological polar surface area (TPSA) is 59.1 Å². The van der Waals surface area contributed by atoms with Crippen LogP contribution in [-0.4, -0.2) is 23.3 Å². The number of hydrogen-bond acceptors (Lipinski definition) is 4. The number of hydrogen-bond donors (Lipinski definition) is 1. The van der Waals surface area contributed by atoms with Gasteiger partial charge in [0.15, 0.2) is 0 Å². The third kappa shape index (κ3) is 4.85. The van der Waals surface area contributed by atoms with Crippen LogP contribution in [0.25, 0.3) is 0 Å². The number of esters is 1. The van der Waals surface area contributed by atoms with E-state index in [1.807, 2.05) is 36.4 Å². The summed E-state index contributed by atoms with van der Waals surface area (Å²) in [6, 6.07) is 15.4. The second-order valence-electron chi connectivity index (χ2n) is 9.77. The minimum Gasteiger partial charge on any atom is -0.508 e. The van der Waals surface area contributed by atoms with Crippen LogP contribution in [-0.2, 0) is 9.53 Å². The molecular formula is C28H36O4. The molecule has 32 heavy (non-hydrogen) atoms. The average molecular weight is 437 g/mol. The van der Waals surface area contributed by atoms with Gasteiger partial charge in [0.25, 0.3) is 0 Å². The van der Waals surface area contributed by atoms with Crippen LogP contribution in [0.5, 0.6) is 11.5 Å². The predicted octanol–water partition coefficient (Wildman–Crippen LogP) is 6.43. The maximum Gasteiger partial charge on any atom is 0.314 e. The Kier molecular flexibility index (Phi) is 6.90. The van der Waals surface area contributed by atoms with Crippen LogP contribution < -0.4 is 4.74 Å². The highest BCUT2D eigenvalue weighted by atomic mass is 16.6. The molecule has 2 aromatic rings. The van der Waals surface area contributed by atoms with E-state index in [2.05, 4.69) is 33.8 Å². The summed E-state index contributed by atoms with van der Waals surface area (Å²) in [7, 11) is 0. The van der Waals surface area contributed by atoms with Gasteiger partial charge in [-0.15, -0.1) is 0 Å². The van der Waals surface area contributed by atoms with Crippen molar-refractivity contribution >= 4 is 5.97 Å². The zero-order valence-electron chi connectivity index (χ0n) is 19.7. The minimum absolute atomic E-state index is 0.0472. The van der Waals surface area contributed by atoms with Gasteiger partial charge in [-0.05, 0) is 78.8 Å². The molecule has 1 N–H and O–H groups in total. The normalized spacial score (nSPS) is 28.8. The molecule has 4 heteroatoms. The van der Waals surface area contributed by atoms with E-state index in [4.69, 9.17) is 14.6 Å². The molecule has 3 aliphatic rings. The molecule has 0 aromatic heterocycles. The summed E-state index contributed by atoms with van der Waals surface area (Å²) in [6.45, 7) is 8.68. The van der Waals surface area contributed by atoms with Gasteiger partial charge in [-0.25, -0.2) is 0 Å². The minimum atomic E-state index is -0.0576. The van der Waals surface area contributed by atoms with Crippen LogP contribution in [0, 0.1) is 17.8 Å². The zero-order valence-corrected chi connectivity index (χ0v) is 19.7. The molecule has 3 fully saturated rings. The number of carbonyl (C=O) groups excluding carboxylic acids is 1. The smallest absolute Gasteiger partial charge is 0.314 e. The summed E-state index contributed by atoms with van der Waals surface area (Å²) in [5.41, 5.74) is 2.45. The number of rotatable bonds is 6. The van der Waals surface area contributed by atoms with Gasteiger partial charge >= 0.3 is 5.97 Å². The summed E-state index contributed by atoms with van der Waals surface area (Å²) in [4.78, 5) is 12.4. The van der Waals surface area contributed by atoms with Crippen LogP contribution in [0.1, 0.15) is 76.3 Å². The van der Waals surface area contributed by atoms with E-state index in [9.17, 15) is 4.79 Å². The highest BCUT2D eigenvalue weighted by Gasteiger charge is 2.64. The Hall–Kier alpha value is -2.33. The Bertz CT molecular complexity index is 939. The van der Waals surface area contributed by atoms with Crippen molar-refractivity contribution in [1.82, 2.24) is 0 Å². The highest BCUT2D eigenvalue weighted by molar-refractivity contribution is 5.76.